The third-order valence-electron chi connectivity index (χ3n) is 3.48. The van der Waals surface area contributed by atoms with Gasteiger partial charge in [0.1, 0.15) is 0 Å². The molecule has 0 heterocycles. The van der Waals surface area contributed by atoms with Crippen molar-refractivity contribution in [3.05, 3.63) is 40.9 Å². The highest BCUT2D eigenvalue weighted by atomic mass is 35.5. The first kappa shape index (κ1) is 14.1. The van der Waals surface area contributed by atoms with E-state index in [1.165, 1.54) is 25.7 Å². The molecule has 1 aromatic rings. The van der Waals surface area contributed by atoms with Crippen molar-refractivity contribution >= 4 is 23.6 Å². The summed E-state index contributed by atoms with van der Waals surface area (Å²) in [5, 5.41) is 3.77. The summed E-state index contributed by atoms with van der Waals surface area (Å²) in [4.78, 5) is 11.9. The molecule has 1 amide bonds. The summed E-state index contributed by atoms with van der Waals surface area (Å²) >= 11 is 5.90. The van der Waals surface area contributed by atoms with E-state index in [9.17, 15) is 4.79 Å². The number of hydrogen-bond donors (Lipinski definition) is 1. The number of hydrogen-bond acceptors (Lipinski definition) is 1. The van der Waals surface area contributed by atoms with Gasteiger partial charge in [-0.25, -0.2) is 0 Å². The third kappa shape index (κ3) is 5.07. The van der Waals surface area contributed by atoms with E-state index in [0.29, 0.717) is 11.1 Å². The Morgan fingerprint density at radius 2 is 1.95 bits per heavy atom. The van der Waals surface area contributed by atoms with E-state index >= 15 is 0 Å². The highest BCUT2D eigenvalue weighted by molar-refractivity contribution is 6.30. The van der Waals surface area contributed by atoms with Gasteiger partial charge in [-0.1, -0.05) is 49.4 Å². The molecule has 1 aliphatic rings. The lowest BCUT2D eigenvalue weighted by atomic mass is 10.1. The quantitative estimate of drug-likeness (QED) is 0.651. The summed E-state index contributed by atoms with van der Waals surface area (Å²) in [5.41, 5.74) is 0.948. The maximum absolute atomic E-state index is 11.9. The number of halogens is 1. The Balaban J connectivity index is 1.86. The summed E-state index contributed by atoms with van der Waals surface area (Å²) in [6.45, 7) is 0. The predicted octanol–water partition coefficient (Wildman–Crippen LogP) is 4.19. The molecule has 1 N–H and O–H groups in total. The fourth-order valence-corrected chi connectivity index (χ4v) is 2.65. The van der Waals surface area contributed by atoms with Gasteiger partial charge in [0.2, 0.25) is 5.91 Å². The van der Waals surface area contributed by atoms with Gasteiger partial charge in [0.15, 0.2) is 0 Å². The molecule has 1 saturated carbocycles. The minimum absolute atomic E-state index is 0.00752. The second kappa shape index (κ2) is 7.34. The summed E-state index contributed by atoms with van der Waals surface area (Å²) in [5.74, 6) is -0.00752. The lowest BCUT2D eigenvalue weighted by Gasteiger charge is -2.14. The maximum Gasteiger partial charge on any atom is 0.244 e. The summed E-state index contributed by atoms with van der Waals surface area (Å²) in [6.07, 6.45) is 10.7. The number of nitrogens with one attached hydrogen (secondary N) is 1. The lowest BCUT2D eigenvalue weighted by Crippen LogP contribution is -2.33. The van der Waals surface area contributed by atoms with Gasteiger partial charge in [0, 0.05) is 17.1 Å². The van der Waals surface area contributed by atoms with Crippen molar-refractivity contribution in [3.63, 3.8) is 0 Å². The van der Waals surface area contributed by atoms with Crippen LogP contribution in [0.1, 0.15) is 44.1 Å². The topological polar surface area (TPSA) is 29.1 Å². The van der Waals surface area contributed by atoms with Gasteiger partial charge in [0.05, 0.1) is 0 Å². The van der Waals surface area contributed by atoms with Gasteiger partial charge in [-0.05, 0) is 36.6 Å². The van der Waals surface area contributed by atoms with E-state index in [-0.39, 0.29) is 5.91 Å². The molecule has 0 unspecified atom stereocenters. The highest BCUT2D eigenvalue weighted by Gasteiger charge is 2.12. The third-order valence-corrected chi connectivity index (χ3v) is 3.71. The summed E-state index contributed by atoms with van der Waals surface area (Å²) in [7, 11) is 0. The first-order valence-electron chi connectivity index (χ1n) is 6.98. The average molecular weight is 278 g/mol. The zero-order chi connectivity index (χ0) is 13.5. The first-order valence-corrected chi connectivity index (χ1v) is 7.36. The van der Waals surface area contributed by atoms with Crippen LogP contribution in [0.15, 0.2) is 30.3 Å². The fraction of sp³-hybridized carbons (Fsp3) is 0.438. The zero-order valence-electron chi connectivity index (χ0n) is 11.1. The van der Waals surface area contributed by atoms with E-state index < -0.39 is 0 Å². The molecule has 1 aliphatic carbocycles. The van der Waals surface area contributed by atoms with Crippen LogP contribution in [0.4, 0.5) is 0 Å². The van der Waals surface area contributed by atoms with Crippen molar-refractivity contribution in [3.8, 4) is 0 Å². The van der Waals surface area contributed by atoms with Crippen molar-refractivity contribution in [1.82, 2.24) is 5.32 Å². The molecule has 19 heavy (non-hydrogen) atoms. The van der Waals surface area contributed by atoms with Crippen molar-refractivity contribution in [2.24, 2.45) is 0 Å². The zero-order valence-corrected chi connectivity index (χ0v) is 11.8. The number of rotatable bonds is 3. The predicted molar refractivity (Wildman–Crippen MR) is 80.1 cm³/mol. The molecule has 2 rings (SSSR count). The van der Waals surface area contributed by atoms with E-state index in [0.717, 1.165) is 18.4 Å². The number of benzene rings is 1. The first-order chi connectivity index (χ1) is 9.24. The van der Waals surface area contributed by atoms with Crippen LogP contribution in [0.5, 0.6) is 0 Å². The van der Waals surface area contributed by atoms with E-state index in [1.807, 2.05) is 24.3 Å². The second-order valence-electron chi connectivity index (χ2n) is 5.09. The van der Waals surface area contributed by atoms with Crippen LogP contribution in [0.2, 0.25) is 5.02 Å². The van der Waals surface area contributed by atoms with Crippen molar-refractivity contribution in [1.29, 1.82) is 0 Å². The minimum atomic E-state index is -0.00752. The molecule has 0 radical (unpaired) electrons. The van der Waals surface area contributed by atoms with Gasteiger partial charge in [-0.2, -0.15) is 0 Å². The van der Waals surface area contributed by atoms with Crippen molar-refractivity contribution in [2.75, 3.05) is 0 Å². The summed E-state index contributed by atoms with van der Waals surface area (Å²) in [6, 6.07) is 7.83. The lowest BCUT2D eigenvalue weighted by molar-refractivity contribution is -0.117. The smallest absolute Gasteiger partial charge is 0.244 e. The van der Waals surface area contributed by atoms with Crippen LogP contribution in [0.3, 0.4) is 0 Å². The van der Waals surface area contributed by atoms with Crippen LogP contribution in [0.25, 0.3) is 6.08 Å². The maximum atomic E-state index is 11.9. The van der Waals surface area contributed by atoms with Gasteiger partial charge >= 0.3 is 0 Å². The fourth-order valence-electron chi connectivity index (χ4n) is 2.46. The Bertz CT molecular complexity index is 448. The normalized spacial score (nSPS) is 17.3. The van der Waals surface area contributed by atoms with E-state index in [1.54, 1.807) is 12.2 Å². The van der Waals surface area contributed by atoms with Gasteiger partial charge in [0.25, 0.3) is 0 Å². The number of amides is 1. The molecule has 2 nitrogen and oxygen atoms in total. The molecule has 1 aromatic carbocycles. The Labute approximate surface area is 119 Å². The molecule has 0 spiro atoms. The highest BCUT2D eigenvalue weighted by Crippen LogP contribution is 2.17. The molecule has 3 heteroatoms. The van der Waals surface area contributed by atoms with Crippen LogP contribution in [-0.4, -0.2) is 11.9 Å². The Hall–Kier alpha value is -1.28. The molecule has 0 atom stereocenters. The van der Waals surface area contributed by atoms with Crippen LogP contribution in [-0.2, 0) is 4.79 Å². The van der Waals surface area contributed by atoms with Crippen LogP contribution in [0, 0.1) is 0 Å². The molecule has 102 valence electrons. The van der Waals surface area contributed by atoms with Gasteiger partial charge in [-0.3, -0.25) is 4.79 Å². The van der Waals surface area contributed by atoms with Crippen molar-refractivity contribution < 1.29 is 4.79 Å². The van der Waals surface area contributed by atoms with Crippen molar-refractivity contribution in [2.45, 2.75) is 44.6 Å². The SMILES string of the molecule is O=C(/C=C/c1cccc(Cl)c1)NC1CCCCCC1. The number of carbonyl (C=O) groups is 1. The monoisotopic (exact) mass is 277 g/mol. The second-order valence-corrected chi connectivity index (χ2v) is 5.52. The Morgan fingerprint density at radius 1 is 1.21 bits per heavy atom. The van der Waals surface area contributed by atoms with Gasteiger partial charge in [-0.15, -0.1) is 0 Å². The molecule has 0 bridgehead atoms. The van der Waals surface area contributed by atoms with Crippen LogP contribution >= 0.6 is 11.6 Å². The molecular weight excluding hydrogens is 258 g/mol. The molecule has 0 saturated heterocycles. The minimum Gasteiger partial charge on any atom is -0.350 e. The van der Waals surface area contributed by atoms with E-state index in [4.69, 9.17) is 11.6 Å². The van der Waals surface area contributed by atoms with Crippen LogP contribution < -0.4 is 5.32 Å². The van der Waals surface area contributed by atoms with Gasteiger partial charge < -0.3 is 5.32 Å². The molecule has 0 aliphatic heterocycles. The molecular formula is C16H20ClNO. The average Bonchev–Trinajstić information content (AvgIpc) is 2.65. The molecule has 1 fully saturated rings. The Kier molecular flexibility index (Phi) is 5.46. The Morgan fingerprint density at radius 3 is 2.63 bits per heavy atom. The largest absolute Gasteiger partial charge is 0.350 e. The molecule has 0 aromatic heterocycles. The summed E-state index contributed by atoms with van der Waals surface area (Å²) < 4.78 is 0. The van der Waals surface area contributed by atoms with E-state index in [2.05, 4.69) is 5.32 Å². The number of carbonyl (C=O) groups excluding carboxylic acids is 1. The standard InChI is InChI=1S/C16H20ClNO/c17-14-7-5-6-13(12-14)10-11-16(19)18-15-8-3-1-2-4-9-15/h5-7,10-12,15H,1-4,8-9H2,(H,18,19)/b11-10+.